The zero-order valence-corrected chi connectivity index (χ0v) is 4.83. The van der Waals surface area contributed by atoms with E-state index >= 15 is 0 Å². The fourth-order valence-electron chi connectivity index (χ4n) is 0.268. The van der Waals surface area contributed by atoms with E-state index in [4.69, 9.17) is 10.2 Å². The summed E-state index contributed by atoms with van der Waals surface area (Å²) in [5.41, 5.74) is 0. The van der Waals surface area contributed by atoms with Crippen LogP contribution in [0.15, 0.2) is 24.0 Å². The summed E-state index contributed by atoms with van der Waals surface area (Å²) in [7, 11) is 0. The highest BCUT2D eigenvalue weighted by Crippen LogP contribution is 1.83. The highest BCUT2D eigenvalue weighted by molar-refractivity contribution is 5.04. The Morgan fingerprint density at radius 3 is 2.62 bits per heavy atom. The van der Waals surface area contributed by atoms with Crippen molar-refractivity contribution in [3.05, 3.63) is 24.0 Å². The van der Waals surface area contributed by atoms with Crippen molar-refractivity contribution in [3.63, 3.8) is 0 Å². The molecule has 0 spiro atoms. The Kier molecular flexibility index (Phi) is 3.98. The van der Waals surface area contributed by atoms with E-state index in [0.717, 1.165) is 0 Å². The first-order valence-electron chi connectivity index (χ1n) is 2.40. The topological polar surface area (TPSA) is 40.5 Å². The van der Waals surface area contributed by atoms with Crippen LogP contribution in [0.3, 0.4) is 0 Å². The van der Waals surface area contributed by atoms with Crippen molar-refractivity contribution >= 4 is 0 Å². The quantitative estimate of drug-likeness (QED) is 0.415. The van der Waals surface area contributed by atoms with E-state index in [2.05, 4.69) is 0 Å². The van der Waals surface area contributed by atoms with Crippen LogP contribution >= 0.6 is 0 Å². The summed E-state index contributed by atoms with van der Waals surface area (Å²) in [4.78, 5) is 0. The fraction of sp³-hybridized carbons (Fsp3) is 0.333. The van der Waals surface area contributed by atoms with E-state index in [-0.39, 0.29) is 12.4 Å². The Hall–Kier alpha value is -0.760. The van der Waals surface area contributed by atoms with E-state index in [9.17, 15) is 0 Å². The van der Waals surface area contributed by atoms with Gasteiger partial charge < -0.3 is 10.2 Å². The normalized spacial score (nSPS) is 13.0. The van der Waals surface area contributed by atoms with Crippen molar-refractivity contribution in [1.82, 2.24) is 0 Å². The number of hydrogen-bond acceptors (Lipinski definition) is 2. The molecule has 0 amide bonds. The van der Waals surface area contributed by atoms with Crippen molar-refractivity contribution < 1.29 is 10.2 Å². The highest BCUT2D eigenvalue weighted by Gasteiger charge is 1.70. The summed E-state index contributed by atoms with van der Waals surface area (Å²) in [5, 5.41) is 16.7. The Morgan fingerprint density at radius 2 is 2.25 bits per heavy atom. The van der Waals surface area contributed by atoms with Gasteiger partial charge in [-0.25, -0.2) is 0 Å². The van der Waals surface area contributed by atoms with Gasteiger partial charge in [0.15, 0.2) is 0 Å². The molecule has 2 nitrogen and oxygen atoms in total. The lowest BCUT2D eigenvalue weighted by molar-refractivity contribution is 0.342. The average molecular weight is 114 g/mol. The Morgan fingerprint density at radius 1 is 1.62 bits per heavy atom. The van der Waals surface area contributed by atoms with Gasteiger partial charge in [-0.15, -0.1) is 0 Å². The third-order valence-electron chi connectivity index (χ3n) is 0.579. The average Bonchev–Trinajstić information content (AvgIpc) is 1.66. The zero-order chi connectivity index (χ0) is 6.41. The van der Waals surface area contributed by atoms with Crippen molar-refractivity contribution in [1.29, 1.82) is 0 Å². The number of allylic oxidation sites excluding steroid dienone is 3. The van der Waals surface area contributed by atoms with Crippen molar-refractivity contribution in [2.75, 3.05) is 6.61 Å². The van der Waals surface area contributed by atoms with Gasteiger partial charge in [0.25, 0.3) is 0 Å². The molecule has 0 unspecified atom stereocenters. The number of aliphatic hydroxyl groups excluding tert-OH is 2. The molecular formula is C6H10O2. The molecule has 0 rings (SSSR count). The van der Waals surface area contributed by atoms with Gasteiger partial charge in [-0.05, 0) is 13.0 Å². The number of hydrogen-bond donors (Lipinski definition) is 2. The van der Waals surface area contributed by atoms with Crippen LogP contribution in [0, 0.1) is 0 Å². The third-order valence-corrected chi connectivity index (χ3v) is 0.579. The second-order valence-electron chi connectivity index (χ2n) is 1.42. The standard InChI is InChI=1S/C6H10O2/c1-6(8)4-2-3-5-7/h2-4,7-8H,5H2,1H3/b3-2-,6-4+. The third kappa shape index (κ3) is 5.24. The van der Waals surface area contributed by atoms with Crippen LogP contribution in [0.4, 0.5) is 0 Å². The molecule has 0 heterocycles. The molecule has 0 saturated carbocycles. The molecule has 0 aliphatic carbocycles. The molecular weight excluding hydrogens is 104 g/mol. The lowest BCUT2D eigenvalue weighted by Crippen LogP contribution is -1.70. The van der Waals surface area contributed by atoms with Crippen molar-refractivity contribution in [2.24, 2.45) is 0 Å². The van der Waals surface area contributed by atoms with Crippen molar-refractivity contribution in [2.45, 2.75) is 6.92 Å². The van der Waals surface area contributed by atoms with Gasteiger partial charge in [0.1, 0.15) is 0 Å². The maximum Gasteiger partial charge on any atom is 0.0891 e. The van der Waals surface area contributed by atoms with Crippen LogP contribution < -0.4 is 0 Å². The monoisotopic (exact) mass is 114 g/mol. The molecule has 46 valence electrons. The molecule has 0 aromatic heterocycles. The molecule has 0 aliphatic heterocycles. The van der Waals surface area contributed by atoms with Crippen LogP contribution in [0.2, 0.25) is 0 Å². The van der Waals surface area contributed by atoms with Gasteiger partial charge in [-0.2, -0.15) is 0 Å². The van der Waals surface area contributed by atoms with Gasteiger partial charge in [0.2, 0.25) is 0 Å². The second-order valence-corrected chi connectivity index (χ2v) is 1.42. The summed E-state index contributed by atoms with van der Waals surface area (Å²) < 4.78 is 0. The van der Waals surface area contributed by atoms with Crippen LogP contribution in [-0.4, -0.2) is 16.8 Å². The molecule has 0 bridgehead atoms. The second kappa shape index (κ2) is 4.40. The molecule has 0 saturated heterocycles. The van der Waals surface area contributed by atoms with Crippen molar-refractivity contribution in [3.8, 4) is 0 Å². The lowest BCUT2D eigenvalue weighted by Gasteiger charge is -1.80. The van der Waals surface area contributed by atoms with Crippen LogP contribution in [0.5, 0.6) is 0 Å². The summed E-state index contributed by atoms with van der Waals surface area (Å²) in [6.45, 7) is 1.59. The van der Waals surface area contributed by atoms with E-state index in [0.29, 0.717) is 0 Å². The van der Waals surface area contributed by atoms with Crippen LogP contribution in [0.25, 0.3) is 0 Å². The summed E-state index contributed by atoms with van der Waals surface area (Å²) in [6, 6.07) is 0. The number of rotatable bonds is 2. The molecule has 0 atom stereocenters. The first-order valence-corrected chi connectivity index (χ1v) is 2.40. The minimum absolute atomic E-state index is 0.0176. The Labute approximate surface area is 48.8 Å². The smallest absolute Gasteiger partial charge is 0.0891 e. The Balaban J connectivity index is 3.42. The van der Waals surface area contributed by atoms with Gasteiger partial charge in [0, 0.05) is 0 Å². The SMILES string of the molecule is C/C(O)=C\C=C/CO. The molecule has 0 aromatic carbocycles. The van der Waals surface area contributed by atoms with Crippen LogP contribution in [-0.2, 0) is 0 Å². The van der Waals surface area contributed by atoms with Gasteiger partial charge >= 0.3 is 0 Å². The predicted octanol–water partition coefficient (Wildman–Crippen LogP) is 0.997. The first-order chi connectivity index (χ1) is 3.77. The summed E-state index contributed by atoms with van der Waals surface area (Å²) >= 11 is 0. The molecule has 0 radical (unpaired) electrons. The van der Waals surface area contributed by atoms with Gasteiger partial charge in [0.05, 0.1) is 12.4 Å². The van der Waals surface area contributed by atoms with Crippen LogP contribution in [0.1, 0.15) is 6.92 Å². The maximum absolute atomic E-state index is 8.51. The van der Waals surface area contributed by atoms with Gasteiger partial charge in [-0.1, -0.05) is 12.2 Å². The molecule has 8 heavy (non-hydrogen) atoms. The minimum atomic E-state index is 0.0176. The summed E-state index contributed by atoms with van der Waals surface area (Å²) in [6.07, 6.45) is 4.64. The van der Waals surface area contributed by atoms with E-state index in [1.54, 1.807) is 19.1 Å². The molecule has 2 N–H and O–H groups in total. The lowest BCUT2D eigenvalue weighted by atomic mass is 10.4. The van der Waals surface area contributed by atoms with E-state index in [1.807, 2.05) is 0 Å². The molecule has 2 heteroatoms. The van der Waals surface area contributed by atoms with Gasteiger partial charge in [-0.3, -0.25) is 0 Å². The summed E-state index contributed by atoms with van der Waals surface area (Å²) in [5.74, 6) is 0.245. The Bertz CT molecular complexity index is 99.1. The fourth-order valence-corrected chi connectivity index (χ4v) is 0.268. The largest absolute Gasteiger partial charge is 0.513 e. The highest BCUT2D eigenvalue weighted by atomic mass is 16.3. The molecule has 0 aromatic rings. The molecule has 0 aliphatic rings. The zero-order valence-electron chi connectivity index (χ0n) is 4.83. The predicted molar refractivity (Wildman–Crippen MR) is 32.6 cm³/mol. The van der Waals surface area contributed by atoms with E-state index in [1.165, 1.54) is 6.08 Å². The maximum atomic E-state index is 8.51. The molecule has 0 fully saturated rings. The minimum Gasteiger partial charge on any atom is -0.513 e. The van der Waals surface area contributed by atoms with E-state index < -0.39 is 0 Å². The number of aliphatic hydroxyl groups is 2. The first kappa shape index (κ1) is 7.24.